The first-order valence-electron chi connectivity index (χ1n) is 6.67. The van der Waals surface area contributed by atoms with Gasteiger partial charge in [0.2, 0.25) is 0 Å². The Morgan fingerprint density at radius 2 is 1.95 bits per heavy atom. The molecule has 5 nitrogen and oxygen atoms in total. The highest BCUT2D eigenvalue weighted by molar-refractivity contribution is 6.07. The highest BCUT2D eigenvalue weighted by atomic mass is 16.5. The van der Waals surface area contributed by atoms with Crippen LogP contribution in [0.15, 0.2) is 29.8 Å². The van der Waals surface area contributed by atoms with Crippen molar-refractivity contribution >= 4 is 18.1 Å². The summed E-state index contributed by atoms with van der Waals surface area (Å²) in [5.74, 6) is -0.366. The number of imide groups is 1. The standard InChI is InChI=1S/C16H18N2O3/c1-4-21-16(20)18-15(19)14(10-17)9-12-5-7-13(8-6-12)11(2)3/h5-9,11H,4H2,1-3H3,(H,18,19,20)/b14-9-. The van der Waals surface area contributed by atoms with Crippen molar-refractivity contribution in [3.05, 3.63) is 41.0 Å². The Bertz CT molecular complexity index is 581. The van der Waals surface area contributed by atoms with E-state index < -0.39 is 12.0 Å². The average Bonchev–Trinajstić information content (AvgIpc) is 2.45. The number of nitriles is 1. The Morgan fingerprint density at radius 3 is 2.43 bits per heavy atom. The van der Waals surface area contributed by atoms with Crippen LogP contribution in [0.3, 0.4) is 0 Å². The Hall–Kier alpha value is -2.61. The molecule has 0 unspecified atom stereocenters. The number of nitrogens with zero attached hydrogens (tertiary/aromatic N) is 1. The van der Waals surface area contributed by atoms with E-state index >= 15 is 0 Å². The fourth-order valence-corrected chi connectivity index (χ4v) is 1.62. The van der Waals surface area contributed by atoms with Crippen molar-refractivity contribution < 1.29 is 14.3 Å². The van der Waals surface area contributed by atoms with Gasteiger partial charge in [0.15, 0.2) is 0 Å². The first-order valence-corrected chi connectivity index (χ1v) is 6.67. The van der Waals surface area contributed by atoms with E-state index in [-0.39, 0.29) is 12.2 Å². The van der Waals surface area contributed by atoms with Crippen LogP contribution in [0.25, 0.3) is 6.08 Å². The van der Waals surface area contributed by atoms with Crippen LogP contribution in [0.5, 0.6) is 0 Å². The molecule has 21 heavy (non-hydrogen) atoms. The molecule has 0 aliphatic rings. The van der Waals surface area contributed by atoms with E-state index in [1.807, 2.05) is 29.6 Å². The van der Waals surface area contributed by atoms with Gasteiger partial charge in [0.05, 0.1) is 6.61 Å². The van der Waals surface area contributed by atoms with Crippen LogP contribution in [0, 0.1) is 11.3 Å². The maximum Gasteiger partial charge on any atom is 0.414 e. The van der Waals surface area contributed by atoms with Crippen LogP contribution < -0.4 is 5.32 Å². The first-order chi connectivity index (χ1) is 9.97. The molecule has 0 radical (unpaired) electrons. The molecule has 1 aromatic carbocycles. The summed E-state index contributed by atoms with van der Waals surface area (Å²) >= 11 is 0. The molecule has 0 fully saturated rings. The van der Waals surface area contributed by atoms with E-state index in [0.717, 1.165) is 5.56 Å². The Balaban J connectivity index is 2.86. The molecular formula is C16H18N2O3. The van der Waals surface area contributed by atoms with Crippen molar-refractivity contribution in [2.75, 3.05) is 6.61 Å². The number of ether oxygens (including phenoxy) is 1. The van der Waals surface area contributed by atoms with Crippen molar-refractivity contribution in [2.24, 2.45) is 0 Å². The SMILES string of the molecule is CCOC(=O)NC(=O)/C(C#N)=C\c1ccc(C(C)C)cc1. The molecule has 0 atom stereocenters. The third kappa shape index (κ3) is 5.11. The average molecular weight is 286 g/mol. The quantitative estimate of drug-likeness (QED) is 0.681. The largest absolute Gasteiger partial charge is 0.450 e. The smallest absolute Gasteiger partial charge is 0.414 e. The number of hydrogen-bond donors (Lipinski definition) is 1. The zero-order chi connectivity index (χ0) is 15.8. The lowest BCUT2D eigenvalue weighted by Crippen LogP contribution is -2.31. The fourth-order valence-electron chi connectivity index (χ4n) is 1.62. The number of carbonyl (C=O) groups excluding carboxylic acids is 2. The summed E-state index contributed by atoms with van der Waals surface area (Å²) in [4.78, 5) is 22.9. The maximum absolute atomic E-state index is 11.7. The van der Waals surface area contributed by atoms with Crippen LogP contribution in [-0.4, -0.2) is 18.6 Å². The number of alkyl carbamates (subject to hydrolysis) is 1. The summed E-state index contributed by atoms with van der Waals surface area (Å²) < 4.78 is 4.59. The van der Waals surface area contributed by atoms with Gasteiger partial charge >= 0.3 is 6.09 Å². The molecule has 1 aromatic rings. The van der Waals surface area contributed by atoms with Gasteiger partial charge < -0.3 is 4.74 Å². The van der Waals surface area contributed by atoms with Crippen molar-refractivity contribution in [1.82, 2.24) is 5.32 Å². The Kier molecular flexibility index (Phi) is 6.15. The monoisotopic (exact) mass is 286 g/mol. The van der Waals surface area contributed by atoms with Gasteiger partial charge in [-0.15, -0.1) is 0 Å². The van der Waals surface area contributed by atoms with Crippen molar-refractivity contribution in [3.63, 3.8) is 0 Å². The van der Waals surface area contributed by atoms with Gasteiger partial charge in [-0.3, -0.25) is 10.1 Å². The lowest BCUT2D eigenvalue weighted by molar-refractivity contribution is -0.116. The van der Waals surface area contributed by atoms with Crippen LogP contribution in [0.1, 0.15) is 37.8 Å². The van der Waals surface area contributed by atoms with Crippen LogP contribution in [-0.2, 0) is 9.53 Å². The lowest BCUT2D eigenvalue weighted by Gasteiger charge is -2.05. The molecular weight excluding hydrogens is 268 g/mol. The predicted molar refractivity (Wildman–Crippen MR) is 79.3 cm³/mol. The molecule has 0 spiro atoms. The molecule has 5 heteroatoms. The van der Waals surface area contributed by atoms with Crippen LogP contribution >= 0.6 is 0 Å². The number of rotatable bonds is 4. The normalized spacial score (nSPS) is 10.9. The summed E-state index contributed by atoms with van der Waals surface area (Å²) in [5.41, 5.74) is 1.73. The molecule has 1 rings (SSSR count). The van der Waals surface area contributed by atoms with E-state index in [0.29, 0.717) is 5.92 Å². The zero-order valence-corrected chi connectivity index (χ0v) is 12.3. The van der Waals surface area contributed by atoms with Crippen LogP contribution in [0.2, 0.25) is 0 Å². The molecule has 0 aliphatic carbocycles. The van der Waals surface area contributed by atoms with Crippen molar-refractivity contribution in [2.45, 2.75) is 26.7 Å². The minimum Gasteiger partial charge on any atom is -0.450 e. The molecule has 0 bridgehead atoms. The second-order valence-electron chi connectivity index (χ2n) is 4.67. The molecule has 0 aromatic heterocycles. The van der Waals surface area contributed by atoms with Gasteiger partial charge in [-0.2, -0.15) is 5.26 Å². The third-order valence-corrected chi connectivity index (χ3v) is 2.77. The van der Waals surface area contributed by atoms with Gasteiger partial charge in [0.25, 0.3) is 5.91 Å². The van der Waals surface area contributed by atoms with E-state index in [1.54, 1.807) is 13.0 Å². The summed E-state index contributed by atoms with van der Waals surface area (Å²) in [5, 5.41) is 11.0. The fraction of sp³-hybridized carbons (Fsp3) is 0.312. The van der Waals surface area contributed by atoms with Gasteiger partial charge in [-0.25, -0.2) is 4.79 Å². The Labute approximate surface area is 124 Å². The van der Waals surface area contributed by atoms with Gasteiger partial charge in [0.1, 0.15) is 11.6 Å². The van der Waals surface area contributed by atoms with Crippen molar-refractivity contribution in [1.29, 1.82) is 5.26 Å². The van der Waals surface area contributed by atoms with Crippen LogP contribution in [0.4, 0.5) is 4.79 Å². The molecule has 0 saturated carbocycles. The molecule has 0 saturated heterocycles. The Morgan fingerprint density at radius 1 is 1.33 bits per heavy atom. The lowest BCUT2D eigenvalue weighted by atomic mass is 10.0. The van der Waals surface area contributed by atoms with Gasteiger partial charge in [-0.05, 0) is 30.0 Å². The van der Waals surface area contributed by atoms with Crippen molar-refractivity contribution in [3.8, 4) is 6.07 Å². The third-order valence-electron chi connectivity index (χ3n) is 2.77. The molecule has 0 heterocycles. The number of carbonyl (C=O) groups is 2. The second kappa shape index (κ2) is 7.85. The number of amides is 2. The highest BCUT2D eigenvalue weighted by Gasteiger charge is 2.13. The molecule has 110 valence electrons. The zero-order valence-electron chi connectivity index (χ0n) is 12.3. The summed E-state index contributed by atoms with van der Waals surface area (Å²) in [6.07, 6.45) is 0.567. The summed E-state index contributed by atoms with van der Waals surface area (Å²) in [7, 11) is 0. The van der Waals surface area contributed by atoms with E-state index in [4.69, 9.17) is 5.26 Å². The minimum atomic E-state index is -0.862. The minimum absolute atomic E-state index is 0.152. The molecule has 2 amide bonds. The topological polar surface area (TPSA) is 79.2 Å². The molecule has 1 N–H and O–H groups in total. The summed E-state index contributed by atoms with van der Waals surface area (Å²) in [6, 6.07) is 9.30. The van der Waals surface area contributed by atoms with Gasteiger partial charge in [-0.1, -0.05) is 38.1 Å². The van der Waals surface area contributed by atoms with E-state index in [9.17, 15) is 9.59 Å². The number of benzene rings is 1. The van der Waals surface area contributed by atoms with E-state index in [2.05, 4.69) is 18.6 Å². The second-order valence-corrected chi connectivity index (χ2v) is 4.67. The number of hydrogen-bond acceptors (Lipinski definition) is 4. The highest BCUT2D eigenvalue weighted by Crippen LogP contribution is 2.16. The van der Waals surface area contributed by atoms with E-state index in [1.165, 1.54) is 11.6 Å². The first kappa shape index (κ1) is 16.4. The maximum atomic E-state index is 11.7. The predicted octanol–water partition coefficient (Wildman–Crippen LogP) is 2.99. The molecule has 0 aliphatic heterocycles. The number of nitrogens with one attached hydrogen (secondary N) is 1. The van der Waals surface area contributed by atoms with Gasteiger partial charge in [0, 0.05) is 0 Å². The summed E-state index contributed by atoms with van der Waals surface area (Å²) in [6.45, 7) is 5.94.